The molecule has 0 aliphatic carbocycles. The molecule has 0 bridgehead atoms. The molecule has 0 amide bonds. The van der Waals surface area contributed by atoms with Gasteiger partial charge in [-0.15, -0.1) is 11.6 Å². The van der Waals surface area contributed by atoms with Crippen LogP contribution in [0.1, 0.15) is 12.8 Å². The summed E-state index contributed by atoms with van der Waals surface area (Å²) in [6.07, 6.45) is 1.59. The average molecular weight is 329 g/mol. The highest BCUT2D eigenvalue weighted by atomic mass is 35.5. The molecular weight excluding hydrogens is 317 g/mol. The van der Waals surface area contributed by atoms with Gasteiger partial charge in [0.15, 0.2) is 0 Å². The minimum Gasteiger partial charge on any atom is -0.207 e. The molecule has 0 saturated carbocycles. The molecule has 0 radical (unpaired) electrons. The molecule has 18 heavy (non-hydrogen) atoms. The molecule has 1 fully saturated rings. The summed E-state index contributed by atoms with van der Waals surface area (Å²) >= 11 is 17.8. The Morgan fingerprint density at radius 3 is 2.67 bits per heavy atom. The van der Waals surface area contributed by atoms with E-state index in [4.69, 9.17) is 34.8 Å². The molecule has 0 spiro atoms. The van der Waals surface area contributed by atoms with Gasteiger partial charge >= 0.3 is 0 Å². The zero-order valence-corrected chi connectivity index (χ0v) is 12.5. The number of halogens is 3. The SMILES string of the molecule is O=S(=O)(c1cc(Cl)ccc1Cl)N1CCCC(Cl)C1. The molecule has 3 nitrogen and oxygen atoms in total. The second-order valence-electron chi connectivity index (χ2n) is 4.18. The van der Waals surface area contributed by atoms with Crippen LogP contribution in [0.5, 0.6) is 0 Å². The van der Waals surface area contributed by atoms with Crippen LogP contribution in [-0.4, -0.2) is 31.2 Å². The first-order chi connectivity index (χ1) is 8.41. The van der Waals surface area contributed by atoms with Crippen molar-refractivity contribution in [3.05, 3.63) is 28.2 Å². The Bertz CT molecular complexity index is 547. The molecule has 1 aliphatic heterocycles. The van der Waals surface area contributed by atoms with Crippen LogP contribution in [-0.2, 0) is 10.0 Å². The number of sulfonamides is 1. The van der Waals surface area contributed by atoms with Crippen molar-refractivity contribution in [3.63, 3.8) is 0 Å². The van der Waals surface area contributed by atoms with E-state index in [1.165, 1.54) is 16.4 Å². The lowest BCUT2D eigenvalue weighted by atomic mass is 10.2. The monoisotopic (exact) mass is 327 g/mol. The molecule has 100 valence electrons. The van der Waals surface area contributed by atoms with Crippen LogP contribution in [0.25, 0.3) is 0 Å². The maximum atomic E-state index is 12.4. The molecular formula is C11H12Cl3NO2S. The molecule has 1 aliphatic rings. The van der Waals surface area contributed by atoms with Gasteiger partial charge in [0, 0.05) is 23.5 Å². The Labute approximate surface area is 122 Å². The van der Waals surface area contributed by atoms with Crippen LogP contribution in [0, 0.1) is 0 Å². The molecule has 1 unspecified atom stereocenters. The summed E-state index contributed by atoms with van der Waals surface area (Å²) in [7, 11) is -3.62. The summed E-state index contributed by atoms with van der Waals surface area (Å²) < 4.78 is 26.2. The van der Waals surface area contributed by atoms with Gasteiger partial charge in [0.1, 0.15) is 4.90 Å². The lowest BCUT2D eigenvalue weighted by Gasteiger charge is -2.29. The fourth-order valence-electron chi connectivity index (χ4n) is 1.92. The van der Waals surface area contributed by atoms with Crippen LogP contribution >= 0.6 is 34.8 Å². The fourth-order valence-corrected chi connectivity index (χ4v) is 4.59. The van der Waals surface area contributed by atoms with Gasteiger partial charge in [-0.1, -0.05) is 23.2 Å². The van der Waals surface area contributed by atoms with E-state index in [0.29, 0.717) is 18.1 Å². The van der Waals surface area contributed by atoms with Gasteiger partial charge in [-0.3, -0.25) is 0 Å². The Morgan fingerprint density at radius 2 is 2.00 bits per heavy atom. The van der Waals surface area contributed by atoms with E-state index >= 15 is 0 Å². The molecule has 1 aromatic rings. The smallest absolute Gasteiger partial charge is 0.207 e. The summed E-state index contributed by atoms with van der Waals surface area (Å²) in [5.41, 5.74) is 0. The fraction of sp³-hybridized carbons (Fsp3) is 0.455. The number of rotatable bonds is 2. The number of hydrogen-bond acceptors (Lipinski definition) is 2. The summed E-state index contributed by atoms with van der Waals surface area (Å²) in [5, 5.41) is 0.375. The molecule has 1 atom stereocenters. The number of alkyl halides is 1. The van der Waals surface area contributed by atoms with Crippen molar-refractivity contribution >= 4 is 44.8 Å². The van der Waals surface area contributed by atoms with E-state index in [1.807, 2.05) is 0 Å². The maximum Gasteiger partial charge on any atom is 0.244 e. The highest BCUT2D eigenvalue weighted by Crippen LogP contribution is 2.29. The molecule has 0 aromatic heterocycles. The topological polar surface area (TPSA) is 37.4 Å². The third-order valence-electron chi connectivity index (χ3n) is 2.84. The number of nitrogens with zero attached hydrogens (tertiary/aromatic N) is 1. The standard InChI is InChI=1S/C11H12Cl3NO2S/c12-8-3-4-10(14)11(6-8)18(16,17)15-5-1-2-9(13)7-15/h3-4,6,9H,1-2,5,7H2. The highest BCUT2D eigenvalue weighted by Gasteiger charge is 2.31. The molecule has 2 rings (SSSR count). The third-order valence-corrected chi connectivity index (χ3v) is 5.78. The largest absolute Gasteiger partial charge is 0.244 e. The van der Waals surface area contributed by atoms with Crippen LogP contribution in [0.4, 0.5) is 0 Å². The number of hydrogen-bond donors (Lipinski definition) is 0. The van der Waals surface area contributed by atoms with E-state index in [1.54, 1.807) is 6.07 Å². The lowest BCUT2D eigenvalue weighted by molar-refractivity contribution is 0.350. The van der Waals surface area contributed by atoms with E-state index in [2.05, 4.69) is 0 Å². The zero-order chi connectivity index (χ0) is 13.3. The maximum absolute atomic E-state index is 12.4. The van der Waals surface area contributed by atoms with Crippen molar-refractivity contribution in [3.8, 4) is 0 Å². The van der Waals surface area contributed by atoms with Gasteiger partial charge < -0.3 is 0 Å². The van der Waals surface area contributed by atoms with Crippen molar-refractivity contribution < 1.29 is 8.42 Å². The summed E-state index contributed by atoms with van der Waals surface area (Å²) in [6.45, 7) is 0.779. The van der Waals surface area contributed by atoms with Crippen molar-refractivity contribution in [1.29, 1.82) is 0 Å². The van der Waals surface area contributed by atoms with Crippen molar-refractivity contribution in [2.24, 2.45) is 0 Å². The number of benzene rings is 1. The van der Waals surface area contributed by atoms with Crippen molar-refractivity contribution in [1.82, 2.24) is 4.31 Å². The Balaban J connectivity index is 2.38. The molecule has 0 N–H and O–H groups in total. The quantitative estimate of drug-likeness (QED) is 0.780. The molecule has 1 aromatic carbocycles. The predicted molar refractivity (Wildman–Crippen MR) is 74.1 cm³/mol. The predicted octanol–water partition coefficient (Wildman–Crippen LogP) is 3.39. The Hall–Kier alpha value is -0.0000000000000000555. The first-order valence-electron chi connectivity index (χ1n) is 5.50. The number of piperidine rings is 1. The lowest BCUT2D eigenvalue weighted by Crippen LogP contribution is -2.40. The Morgan fingerprint density at radius 1 is 1.28 bits per heavy atom. The van der Waals surface area contributed by atoms with Crippen LogP contribution in [0.15, 0.2) is 23.1 Å². The van der Waals surface area contributed by atoms with Crippen LogP contribution in [0.3, 0.4) is 0 Å². The van der Waals surface area contributed by atoms with Gasteiger partial charge in [-0.05, 0) is 31.0 Å². The third kappa shape index (κ3) is 2.94. The normalized spacial score (nSPS) is 22.1. The van der Waals surface area contributed by atoms with Gasteiger partial charge in [0.25, 0.3) is 0 Å². The van der Waals surface area contributed by atoms with Crippen molar-refractivity contribution in [2.75, 3.05) is 13.1 Å². The minimum atomic E-state index is -3.62. The first-order valence-corrected chi connectivity index (χ1v) is 8.14. The second kappa shape index (κ2) is 5.55. The summed E-state index contributed by atoms with van der Waals surface area (Å²) in [5.74, 6) is 0. The van der Waals surface area contributed by atoms with E-state index in [9.17, 15) is 8.42 Å². The first kappa shape index (κ1) is 14.4. The van der Waals surface area contributed by atoms with Crippen molar-refractivity contribution in [2.45, 2.75) is 23.1 Å². The molecule has 1 heterocycles. The van der Waals surface area contributed by atoms with Crippen LogP contribution < -0.4 is 0 Å². The van der Waals surface area contributed by atoms with Gasteiger partial charge in [-0.2, -0.15) is 4.31 Å². The Kier molecular flexibility index (Phi) is 4.44. The summed E-state index contributed by atoms with van der Waals surface area (Å²) in [6, 6.07) is 4.42. The minimum absolute atomic E-state index is 0.0439. The van der Waals surface area contributed by atoms with E-state index in [0.717, 1.165) is 12.8 Å². The summed E-state index contributed by atoms with van der Waals surface area (Å²) in [4.78, 5) is 0.0439. The average Bonchev–Trinajstić information content (AvgIpc) is 2.32. The van der Waals surface area contributed by atoms with E-state index in [-0.39, 0.29) is 15.3 Å². The van der Waals surface area contributed by atoms with Gasteiger partial charge in [-0.25, -0.2) is 8.42 Å². The van der Waals surface area contributed by atoms with Gasteiger partial charge in [0.2, 0.25) is 10.0 Å². The van der Waals surface area contributed by atoms with Crippen LogP contribution in [0.2, 0.25) is 10.0 Å². The highest BCUT2D eigenvalue weighted by molar-refractivity contribution is 7.89. The second-order valence-corrected chi connectivity index (χ2v) is 7.54. The molecule has 1 saturated heterocycles. The molecule has 7 heteroatoms. The van der Waals surface area contributed by atoms with E-state index < -0.39 is 10.0 Å². The van der Waals surface area contributed by atoms with Gasteiger partial charge in [0.05, 0.1) is 5.02 Å². The zero-order valence-electron chi connectivity index (χ0n) is 9.44.